The summed E-state index contributed by atoms with van der Waals surface area (Å²) in [6.45, 7) is 0. The smallest absolute Gasteiger partial charge is 0.0919 e. The average molecular weight is 264 g/mol. The fraction of sp³-hybridized carbons (Fsp3) is 0. The molecular formula is C16H16N4. The molecule has 0 bridgehead atoms. The Morgan fingerprint density at radius 1 is 0.700 bits per heavy atom. The van der Waals surface area contributed by atoms with Crippen LogP contribution in [0.1, 0.15) is 0 Å². The van der Waals surface area contributed by atoms with Crippen molar-refractivity contribution in [2.75, 3.05) is 0 Å². The number of nitrogens with zero attached hydrogens (tertiary/aromatic N) is 2. The summed E-state index contributed by atoms with van der Waals surface area (Å²) in [6, 6.07) is 16.0. The predicted octanol–water partition coefficient (Wildman–Crippen LogP) is 3.66. The van der Waals surface area contributed by atoms with Crippen LogP contribution in [-0.4, -0.2) is 19.9 Å². The van der Waals surface area contributed by atoms with Gasteiger partial charge >= 0.3 is 0 Å². The van der Waals surface area contributed by atoms with Crippen molar-refractivity contribution < 1.29 is 0 Å². The third-order valence-electron chi connectivity index (χ3n) is 2.43. The Hall–Kier alpha value is -2.88. The van der Waals surface area contributed by atoms with E-state index in [-0.39, 0.29) is 0 Å². The first kappa shape index (κ1) is 13.5. The van der Waals surface area contributed by atoms with Crippen LogP contribution in [-0.2, 0) is 0 Å². The van der Waals surface area contributed by atoms with Crippen molar-refractivity contribution in [2.24, 2.45) is 0 Å². The van der Waals surface area contributed by atoms with Gasteiger partial charge in [0, 0.05) is 36.5 Å². The molecule has 0 spiro atoms. The number of hydrogen-bond donors (Lipinski definition) is 2. The number of aromatic nitrogens is 4. The summed E-state index contributed by atoms with van der Waals surface area (Å²) in [4.78, 5) is 13.3. The number of imidazole rings is 1. The molecule has 0 saturated heterocycles. The summed E-state index contributed by atoms with van der Waals surface area (Å²) in [5, 5.41) is 1.28. The first-order chi connectivity index (χ1) is 9.97. The van der Waals surface area contributed by atoms with Gasteiger partial charge in [-0.05, 0) is 29.7 Å². The van der Waals surface area contributed by atoms with E-state index in [1.807, 2.05) is 36.5 Å². The molecule has 100 valence electrons. The summed E-state index contributed by atoms with van der Waals surface area (Å²) < 4.78 is 0. The lowest BCUT2D eigenvalue weighted by Crippen LogP contribution is -1.61. The van der Waals surface area contributed by atoms with Crippen LogP contribution >= 0.6 is 0 Å². The molecule has 0 aliphatic carbocycles. The van der Waals surface area contributed by atoms with Crippen molar-refractivity contribution >= 4 is 10.9 Å². The van der Waals surface area contributed by atoms with Gasteiger partial charge in [-0.1, -0.05) is 24.3 Å². The fourth-order valence-electron chi connectivity index (χ4n) is 1.52. The Morgan fingerprint density at radius 2 is 1.55 bits per heavy atom. The number of pyridine rings is 1. The normalized spacial score (nSPS) is 9.00. The van der Waals surface area contributed by atoms with Crippen molar-refractivity contribution in [1.29, 1.82) is 0 Å². The van der Waals surface area contributed by atoms with E-state index in [1.54, 1.807) is 31.1 Å². The number of nitrogens with one attached hydrogen (secondary N) is 2. The zero-order valence-electron chi connectivity index (χ0n) is 11.0. The number of aromatic amines is 2. The molecule has 20 heavy (non-hydrogen) atoms. The number of hydrogen-bond acceptors (Lipinski definition) is 2. The number of H-pyrrole nitrogens is 2. The lowest BCUT2D eigenvalue weighted by molar-refractivity contribution is 1.31. The van der Waals surface area contributed by atoms with Crippen molar-refractivity contribution in [2.45, 2.75) is 0 Å². The number of fused-ring (bicyclic) bond motifs is 1. The quantitative estimate of drug-likeness (QED) is 0.509. The van der Waals surface area contributed by atoms with Gasteiger partial charge in [0.2, 0.25) is 0 Å². The SMILES string of the molecule is c1c[nH]cn1.c1ccc2[nH]ccc2c1.c1ccncc1. The maximum absolute atomic E-state index is 3.78. The second kappa shape index (κ2) is 8.26. The molecule has 0 radical (unpaired) electrons. The summed E-state index contributed by atoms with van der Waals surface area (Å²) in [5.74, 6) is 0. The van der Waals surface area contributed by atoms with Gasteiger partial charge in [0.05, 0.1) is 6.33 Å². The van der Waals surface area contributed by atoms with E-state index in [9.17, 15) is 0 Å². The zero-order valence-corrected chi connectivity index (χ0v) is 11.0. The van der Waals surface area contributed by atoms with Crippen molar-refractivity contribution in [3.63, 3.8) is 0 Å². The van der Waals surface area contributed by atoms with E-state index in [0.717, 1.165) is 0 Å². The number of para-hydroxylation sites is 1. The third kappa shape index (κ3) is 4.78. The summed E-state index contributed by atoms with van der Waals surface area (Å²) in [6.07, 6.45) is 10.5. The molecule has 4 nitrogen and oxygen atoms in total. The van der Waals surface area contributed by atoms with Crippen LogP contribution in [0, 0.1) is 0 Å². The maximum atomic E-state index is 3.78. The first-order valence-corrected chi connectivity index (χ1v) is 6.26. The Labute approximate surface area is 117 Å². The van der Waals surface area contributed by atoms with Crippen molar-refractivity contribution in [1.82, 2.24) is 19.9 Å². The second-order valence-corrected chi connectivity index (χ2v) is 3.85. The van der Waals surface area contributed by atoms with E-state index in [2.05, 4.69) is 38.1 Å². The topological polar surface area (TPSA) is 57.4 Å². The highest BCUT2D eigenvalue weighted by molar-refractivity contribution is 5.78. The molecule has 0 atom stereocenters. The molecule has 0 amide bonds. The number of benzene rings is 1. The summed E-state index contributed by atoms with van der Waals surface area (Å²) >= 11 is 0. The third-order valence-corrected chi connectivity index (χ3v) is 2.43. The number of rotatable bonds is 0. The Morgan fingerprint density at radius 3 is 2.05 bits per heavy atom. The summed E-state index contributed by atoms with van der Waals surface area (Å²) in [7, 11) is 0. The molecule has 4 aromatic rings. The summed E-state index contributed by atoms with van der Waals surface area (Å²) in [5.41, 5.74) is 1.21. The molecule has 3 heterocycles. The van der Waals surface area contributed by atoms with E-state index >= 15 is 0 Å². The van der Waals surface area contributed by atoms with Gasteiger partial charge < -0.3 is 9.97 Å². The minimum Gasteiger partial charge on any atom is -0.361 e. The van der Waals surface area contributed by atoms with Crippen LogP contribution in [0.5, 0.6) is 0 Å². The predicted molar refractivity (Wildman–Crippen MR) is 81.1 cm³/mol. The van der Waals surface area contributed by atoms with Gasteiger partial charge in [-0.3, -0.25) is 4.98 Å². The molecule has 2 N–H and O–H groups in total. The molecule has 0 fully saturated rings. The van der Waals surface area contributed by atoms with Gasteiger partial charge in [-0.15, -0.1) is 0 Å². The van der Waals surface area contributed by atoms with E-state index in [0.29, 0.717) is 0 Å². The largest absolute Gasteiger partial charge is 0.361 e. The van der Waals surface area contributed by atoms with Crippen LogP contribution in [0.4, 0.5) is 0 Å². The lowest BCUT2D eigenvalue weighted by atomic mass is 10.3. The van der Waals surface area contributed by atoms with Gasteiger partial charge in [0.25, 0.3) is 0 Å². The van der Waals surface area contributed by atoms with Crippen molar-refractivity contribution in [3.05, 3.63) is 85.8 Å². The highest BCUT2D eigenvalue weighted by Gasteiger charge is 1.86. The Bertz CT molecular complexity index is 598. The van der Waals surface area contributed by atoms with Crippen LogP contribution in [0.25, 0.3) is 10.9 Å². The Kier molecular flexibility index (Phi) is 5.60. The Balaban J connectivity index is 0.000000117. The lowest BCUT2D eigenvalue weighted by Gasteiger charge is -1.83. The molecule has 0 aliphatic heterocycles. The van der Waals surface area contributed by atoms with Gasteiger partial charge in [0.15, 0.2) is 0 Å². The molecule has 3 aromatic heterocycles. The van der Waals surface area contributed by atoms with Crippen LogP contribution in [0.15, 0.2) is 85.8 Å². The molecular weight excluding hydrogens is 248 g/mol. The first-order valence-electron chi connectivity index (χ1n) is 6.26. The highest BCUT2D eigenvalue weighted by Crippen LogP contribution is 2.09. The van der Waals surface area contributed by atoms with Crippen LogP contribution in [0.2, 0.25) is 0 Å². The van der Waals surface area contributed by atoms with Crippen LogP contribution < -0.4 is 0 Å². The van der Waals surface area contributed by atoms with Gasteiger partial charge in [-0.2, -0.15) is 0 Å². The van der Waals surface area contributed by atoms with Gasteiger partial charge in [0.1, 0.15) is 0 Å². The second-order valence-electron chi connectivity index (χ2n) is 3.85. The standard InChI is InChI=1S/C8H7N.C5H5N.C3H4N2/c1-2-4-8-7(3-1)5-6-9-8;1-2-4-6-5-3-1;1-2-5-3-4-1/h1-6,9H;1-5H;1-3H,(H,4,5). The molecule has 0 aliphatic rings. The highest BCUT2D eigenvalue weighted by atomic mass is 14.8. The molecule has 1 aromatic carbocycles. The van der Waals surface area contributed by atoms with Crippen molar-refractivity contribution in [3.8, 4) is 0 Å². The monoisotopic (exact) mass is 264 g/mol. The van der Waals surface area contributed by atoms with E-state index < -0.39 is 0 Å². The average Bonchev–Trinajstić information content (AvgIpc) is 3.24. The zero-order chi connectivity index (χ0) is 13.9. The van der Waals surface area contributed by atoms with Crippen LogP contribution in [0.3, 0.4) is 0 Å². The van der Waals surface area contributed by atoms with E-state index in [4.69, 9.17) is 0 Å². The molecule has 0 saturated carbocycles. The molecule has 4 rings (SSSR count). The molecule has 4 heteroatoms. The van der Waals surface area contributed by atoms with Gasteiger partial charge in [-0.25, -0.2) is 4.98 Å². The minimum absolute atomic E-state index is 1.21. The maximum Gasteiger partial charge on any atom is 0.0919 e. The minimum atomic E-state index is 1.21. The molecule has 0 unspecified atom stereocenters. The fourth-order valence-corrected chi connectivity index (χ4v) is 1.52. The van der Waals surface area contributed by atoms with E-state index in [1.165, 1.54) is 10.9 Å².